The van der Waals surface area contributed by atoms with Crippen LogP contribution in [0, 0.1) is 5.92 Å². The Morgan fingerprint density at radius 1 is 1.19 bits per heavy atom. The highest BCUT2D eigenvalue weighted by Gasteiger charge is 2.29. The minimum Gasteiger partial charge on any atom is -0.465 e. The standard InChI is InChI=1S/C19H20N2O5/c1-25-19(24)13-6-8-15(9-7-13)20-17(22)14-4-2-10-21(12-14)18(23)16-5-3-11-26-16/h3,5-9,11,14H,2,4,10,12H2,1H3,(H,20,22). The first-order chi connectivity index (χ1) is 12.6. The average molecular weight is 356 g/mol. The zero-order valence-corrected chi connectivity index (χ0v) is 14.4. The minimum atomic E-state index is -0.428. The number of anilines is 1. The van der Waals surface area contributed by atoms with Gasteiger partial charge in [0.25, 0.3) is 5.91 Å². The summed E-state index contributed by atoms with van der Waals surface area (Å²) in [5.41, 5.74) is 1.01. The molecule has 3 rings (SSSR count). The molecule has 0 bridgehead atoms. The van der Waals surface area contributed by atoms with E-state index in [0.29, 0.717) is 30.8 Å². The van der Waals surface area contributed by atoms with E-state index in [1.165, 1.54) is 13.4 Å². The highest BCUT2D eigenvalue weighted by molar-refractivity contribution is 5.95. The molecule has 136 valence electrons. The van der Waals surface area contributed by atoms with E-state index >= 15 is 0 Å². The number of nitrogens with one attached hydrogen (secondary N) is 1. The van der Waals surface area contributed by atoms with Crippen LogP contribution in [0.1, 0.15) is 33.8 Å². The third-order valence-electron chi connectivity index (χ3n) is 4.38. The molecule has 0 radical (unpaired) electrons. The third kappa shape index (κ3) is 3.93. The summed E-state index contributed by atoms with van der Waals surface area (Å²) in [5, 5.41) is 2.84. The average Bonchev–Trinajstić information content (AvgIpc) is 3.22. The summed E-state index contributed by atoms with van der Waals surface area (Å²) in [6.45, 7) is 0.961. The van der Waals surface area contributed by atoms with Crippen LogP contribution in [0.25, 0.3) is 0 Å². The van der Waals surface area contributed by atoms with Crippen molar-refractivity contribution in [3.05, 3.63) is 54.0 Å². The maximum atomic E-state index is 12.5. The van der Waals surface area contributed by atoms with Gasteiger partial charge in [0, 0.05) is 18.8 Å². The lowest BCUT2D eigenvalue weighted by atomic mass is 9.96. The van der Waals surface area contributed by atoms with Crippen LogP contribution >= 0.6 is 0 Å². The molecule has 0 spiro atoms. The maximum absolute atomic E-state index is 12.5. The number of esters is 1. The number of methoxy groups -OCH3 is 1. The van der Waals surface area contributed by atoms with Gasteiger partial charge in [0.1, 0.15) is 0 Å². The molecular weight excluding hydrogens is 336 g/mol. The molecule has 7 heteroatoms. The number of furan rings is 1. The third-order valence-corrected chi connectivity index (χ3v) is 4.38. The number of rotatable bonds is 4. The topological polar surface area (TPSA) is 88.9 Å². The molecule has 1 fully saturated rings. The zero-order chi connectivity index (χ0) is 18.5. The Hall–Kier alpha value is -3.09. The highest BCUT2D eigenvalue weighted by atomic mass is 16.5. The summed E-state index contributed by atoms with van der Waals surface area (Å²) in [7, 11) is 1.32. The molecule has 1 aromatic heterocycles. The van der Waals surface area contributed by atoms with Gasteiger partial charge in [0.2, 0.25) is 5.91 Å². The number of carbonyl (C=O) groups is 3. The number of carbonyl (C=O) groups excluding carboxylic acids is 3. The molecule has 26 heavy (non-hydrogen) atoms. The number of amides is 2. The largest absolute Gasteiger partial charge is 0.465 e. The molecule has 2 amide bonds. The van der Waals surface area contributed by atoms with Gasteiger partial charge in [-0.2, -0.15) is 0 Å². The first-order valence-corrected chi connectivity index (χ1v) is 8.40. The van der Waals surface area contributed by atoms with Crippen molar-refractivity contribution in [2.45, 2.75) is 12.8 Å². The van der Waals surface area contributed by atoms with E-state index in [1.54, 1.807) is 41.3 Å². The zero-order valence-electron chi connectivity index (χ0n) is 14.4. The molecule has 1 aromatic carbocycles. The molecule has 1 aliphatic rings. The second-order valence-corrected chi connectivity index (χ2v) is 6.13. The summed E-state index contributed by atoms with van der Waals surface area (Å²) in [6.07, 6.45) is 2.93. The van der Waals surface area contributed by atoms with Crippen molar-refractivity contribution in [2.24, 2.45) is 5.92 Å². The highest BCUT2D eigenvalue weighted by Crippen LogP contribution is 2.21. The smallest absolute Gasteiger partial charge is 0.337 e. The van der Waals surface area contributed by atoms with Crippen molar-refractivity contribution in [3.63, 3.8) is 0 Å². The number of ether oxygens (including phenoxy) is 1. The van der Waals surface area contributed by atoms with Crippen molar-refractivity contribution >= 4 is 23.5 Å². The predicted molar refractivity (Wildman–Crippen MR) is 93.7 cm³/mol. The molecular formula is C19H20N2O5. The van der Waals surface area contributed by atoms with Gasteiger partial charge < -0.3 is 19.4 Å². The number of hydrogen-bond donors (Lipinski definition) is 1. The SMILES string of the molecule is COC(=O)c1ccc(NC(=O)C2CCCN(C(=O)c3ccco3)C2)cc1. The Morgan fingerprint density at radius 3 is 2.62 bits per heavy atom. The lowest BCUT2D eigenvalue weighted by Gasteiger charge is -2.31. The van der Waals surface area contributed by atoms with E-state index in [0.717, 1.165) is 6.42 Å². The maximum Gasteiger partial charge on any atom is 0.337 e. The second kappa shape index (κ2) is 7.86. The number of nitrogens with zero attached hydrogens (tertiary/aromatic N) is 1. The first kappa shape index (κ1) is 17.7. The molecule has 1 unspecified atom stereocenters. The number of likely N-dealkylation sites (tertiary alicyclic amines) is 1. The van der Waals surface area contributed by atoms with Crippen LogP contribution < -0.4 is 5.32 Å². The minimum absolute atomic E-state index is 0.146. The molecule has 0 aliphatic carbocycles. The molecule has 0 saturated carbocycles. The summed E-state index contributed by atoms with van der Waals surface area (Å²) in [4.78, 5) is 38.0. The Balaban J connectivity index is 1.60. The van der Waals surface area contributed by atoms with Crippen LogP contribution in [0.4, 0.5) is 5.69 Å². The van der Waals surface area contributed by atoms with E-state index in [1.807, 2.05) is 0 Å². The van der Waals surface area contributed by atoms with E-state index in [-0.39, 0.29) is 23.5 Å². The molecule has 2 aromatic rings. The monoisotopic (exact) mass is 356 g/mol. The Bertz CT molecular complexity index is 783. The van der Waals surface area contributed by atoms with Gasteiger partial charge in [-0.05, 0) is 49.2 Å². The fourth-order valence-electron chi connectivity index (χ4n) is 2.98. The molecule has 1 N–H and O–H groups in total. The van der Waals surface area contributed by atoms with Crippen LogP contribution in [0.5, 0.6) is 0 Å². The lowest BCUT2D eigenvalue weighted by molar-refractivity contribution is -0.121. The summed E-state index contributed by atoms with van der Waals surface area (Å²) >= 11 is 0. The Labute approximate surface area is 150 Å². The van der Waals surface area contributed by atoms with Gasteiger partial charge >= 0.3 is 5.97 Å². The summed E-state index contributed by atoms with van der Waals surface area (Å²) in [5.74, 6) is -0.780. The Morgan fingerprint density at radius 2 is 1.96 bits per heavy atom. The fourth-order valence-corrected chi connectivity index (χ4v) is 2.98. The van der Waals surface area contributed by atoms with Crippen LogP contribution in [0.3, 0.4) is 0 Å². The lowest BCUT2D eigenvalue weighted by Crippen LogP contribution is -2.43. The molecule has 1 aliphatic heterocycles. The van der Waals surface area contributed by atoms with Crippen molar-refractivity contribution in [1.29, 1.82) is 0 Å². The first-order valence-electron chi connectivity index (χ1n) is 8.40. The molecule has 7 nitrogen and oxygen atoms in total. The van der Waals surface area contributed by atoms with Crippen molar-refractivity contribution in [2.75, 3.05) is 25.5 Å². The van der Waals surface area contributed by atoms with Gasteiger partial charge in [0.05, 0.1) is 24.9 Å². The van der Waals surface area contributed by atoms with E-state index in [4.69, 9.17) is 4.42 Å². The summed E-state index contributed by atoms with van der Waals surface area (Å²) in [6, 6.07) is 9.77. The normalized spacial score (nSPS) is 16.8. The van der Waals surface area contributed by atoms with Gasteiger partial charge in [0.15, 0.2) is 5.76 Å². The van der Waals surface area contributed by atoms with E-state index in [9.17, 15) is 14.4 Å². The molecule has 2 heterocycles. The van der Waals surface area contributed by atoms with Crippen molar-refractivity contribution < 1.29 is 23.5 Å². The molecule has 1 saturated heterocycles. The summed E-state index contributed by atoms with van der Waals surface area (Å²) < 4.78 is 9.80. The second-order valence-electron chi connectivity index (χ2n) is 6.13. The predicted octanol–water partition coefficient (Wildman–Crippen LogP) is 2.56. The van der Waals surface area contributed by atoms with Gasteiger partial charge in [-0.15, -0.1) is 0 Å². The number of piperidine rings is 1. The van der Waals surface area contributed by atoms with E-state index in [2.05, 4.69) is 10.1 Å². The van der Waals surface area contributed by atoms with E-state index < -0.39 is 5.97 Å². The number of benzene rings is 1. The Kier molecular flexibility index (Phi) is 5.36. The van der Waals surface area contributed by atoms with Crippen LogP contribution in [-0.4, -0.2) is 42.9 Å². The van der Waals surface area contributed by atoms with Gasteiger partial charge in [-0.3, -0.25) is 9.59 Å². The number of hydrogen-bond acceptors (Lipinski definition) is 5. The van der Waals surface area contributed by atoms with Crippen LogP contribution in [0.2, 0.25) is 0 Å². The van der Waals surface area contributed by atoms with Crippen molar-refractivity contribution in [3.8, 4) is 0 Å². The van der Waals surface area contributed by atoms with Gasteiger partial charge in [-0.25, -0.2) is 4.79 Å². The molecule has 1 atom stereocenters. The van der Waals surface area contributed by atoms with Gasteiger partial charge in [-0.1, -0.05) is 0 Å². The van der Waals surface area contributed by atoms with Crippen LogP contribution in [0.15, 0.2) is 47.1 Å². The van der Waals surface area contributed by atoms with Crippen LogP contribution in [-0.2, 0) is 9.53 Å². The van der Waals surface area contributed by atoms with Crippen molar-refractivity contribution in [1.82, 2.24) is 4.90 Å². The fraction of sp³-hybridized carbons (Fsp3) is 0.316. The quantitative estimate of drug-likeness (QED) is 0.851.